The lowest BCUT2D eigenvalue weighted by Gasteiger charge is -2.36. The highest BCUT2D eigenvalue weighted by Crippen LogP contribution is 2.34. The first-order valence-electron chi connectivity index (χ1n) is 6.79. The summed E-state index contributed by atoms with van der Waals surface area (Å²) in [6, 6.07) is -0.971. The molecule has 1 unspecified atom stereocenters. The molecule has 1 fully saturated rings. The summed E-state index contributed by atoms with van der Waals surface area (Å²) in [6.07, 6.45) is 3.22. The van der Waals surface area contributed by atoms with Gasteiger partial charge in [-0.2, -0.15) is 0 Å². The van der Waals surface area contributed by atoms with Crippen molar-refractivity contribution in [2.24, 2.45) is 5.41 Å². The molecule has 1 amide bonds. The number of hydrogen-bond donors (Lipinski definition) is 3. The zero-order valence-electron chi connectivity index (χ0n) is 11.7. The van der Waals surface area contributed by atoms with E-state index in [0.29, 0.717) is 0 Å². The average Bonchev–Trinajstić information content (AvgIpc) is 2.39. The minimum atomic E-state index is -1.06. The van der Waals surface area contributed by atoms with Crippen LogP contribution >= 0.6 is 0 Å². The standard InChI is InChI=1S/C13H24N2O4/c1-3-4-13(5-7-14-8-6-13)12(18)15-10(9-19-2)11(16)17/h10,14H,3-9H2,1-2H3,(H,15,18)(H,16,17). The van der Waals surface area contributed by atoms with Gasteiger partial charge in [0.2, 0.25) is 5.91 Å². The zero-order valence-corrected chi connectivity index (χ0v) is 11.7. The van der Waals surface area contributed by atoms with Crippen molar-refractivity contribution in [3.63, 3.8) is 0 Å². The normalized spacial score (nSPS) is 19.7. The van der Waals surface area contributed by atoms with Crippen molar-refractivity contribution in [2.45, 2.75) is 38.6 Å². The van der Waals surface area contributed by atoms with Gasteiger partial charge in [-0.3, -0.25) is 4.79 Å². The number of rotatable bonds is 7. The summed E-state index contributed by atoms with van der Waals surface area (Å²) in [7, 11) is 1.43. The fourth-order valence-electron chi connectivity index (χ4n) is 2.63. The van der Waals surface area contributed by atoms with Crippen molar-refractivity contribution in [3.8, 4) is 0 Å². The molecule has 1 heterocycles. The molecule has 1 rings (SSSR count). The highest BCUT2D eigenvalue weighted by Gasteiger charge is 2.40. The summed E-state index contributed by atoms with van der Waals surface area (Å²) in [6.45, 7) is 3.63. The van der Waals surface area contributed by atoms with Crippen LogP contribution < -0.4 is 10.6 Å². The summed E-state index contributed by atoms with van der Waals surface area (Å²) in [5, 5.41) is 14.9. The van der Waals surface area contributed by atoms with Gasteiger partial charge >= 0.3 is 5.97 Å². The lowest BCUT2D eigenvalue weighted by Crippen LogP contribution is -2.53. The predicted octanol–water partition coefficient (Wildman–Crippen LogP) is 0.372. The third kappa shape index (κ3) is 4.18. The van der Waals surface area contributed by atoms with Crippen LogP contribution in [0.5, 0.6) is 0 Å². The lowest BCUT2D eigenvalue weighted by atomic mass is 9.74. The molecule has 6 nitrogen and oxygen atoms in total. The number of hydrogen-bond acceptors (Lipinski definition) is 4. The van der Waals surface area contributed by atoms with Gasteiger partial charge in [0.1, 0.15) is 0 Å². The van der Waals surface area contributed by atoms with Crippen molar-refractivity contribution in [2.75, 3.05) is 26.8 Å². The molecule has 110 valence electrons. The van der Waals surface area contributed by atoms with E-state index in [4.69, 9.17) is 9.84 Å². The number of ether oxygens (including phenoxy) is 1. The number of carboxylic acid groups (broad SMARTS) is 1. The molecule has 1 atom stereocenters. The number of piperidine rings is 1. The molecule has 6 heteroatoms. The molecule has 0 aliphatic carbocycles. The van der Waals surface area contributed by atoms with Crippen LogP contribution in [0.4, 0.5) is 0 Å². The van der Waals surface area contributed by atoms with E-state index in [1.807, 2.05) is 6.92 Å². The molecule has 0 radical (unpaired) electrons. The average molecular weight is 272 g/mol. The predicted molar refractivity (Wildman–Crippen MR) is 70.9 cm³/mol. The van der Waals surface area contributed by atoms with E-state index in [-0.39, 0.29) is 12.5 Å². The number of carbonyl (C=O) groups excluding carboxylic acids is 1. The Morgan fingerprint density at radius 1 is 1.42 bits per heavy atom. The summed E-state index contributed by atoms with van der Waals surface area (Å²) in [4.78, 5) is 23.5. The van der Waals surface area contributed by atoms with Gasteiger partial charge in [-0.05, 0) is 32.4 Å². The van der Waals surface area contributed by atoms with E-state index >= 15 is 0 Å². The van der Waals surface area contributed by atoms with E-state index in [1.54, 1.807) is 0 Å². The monoisotopic (exact) mass is 272 g/mol. The van der Waals surface area contributed by atoms with E-state index < -0.39 is 17.4 Å². The Kier molecular flexibility index (Phi) is 6.24. The van der Waals surface area contributed by atoms with Crippen LogP contribution in [0.15, 0.2) is 0 Å². The molecular weight excluding hydrogens is 248 g/mol. The highest BCUT2D eigenvalue weighted by atomic mass is 16.5. The lowest BCUT2D eigenvalue weighted by molar-refractivity contribution is -0.146. The van der Waals surface area contributed by atoms with Crippen molar-refractivity contribution in [1.82, 2.24) is 10.6 Å². The summed E-state index contributed by atoms with van der Waals surface area (Å²) in [5.74, 6) is -1.21. The number of nitrogens with one attached hydrogen (secondary N) is 2. The van der Waals surface area contributed by atoms with Crippen molar-refractivity contribution in [3.05, 3.63) is 0 Å². The molecule has 0 bridgehead atoms. The van der Waals surface area contributed by atoms with Crippen LogP contribution in [-0.2, 0) is 14.3 Å². The number of amides is 1. The fourth-order valence-corrected chi connectivity index (χ4v) is 2.63. The third-order valence-corrected chi connectivity index (χ3v) is 3.71. The van der Waals surface area contributed by atoms with Gasteiger partial charge in [-0.1, -0.05) is 13.3 Å². The highest BCUT2D eigenvalue weighted by molar-refractivity contribution is 5.87. The van der Waals surface area contributed by atoms with E-state index in [0.717, 1.165) is 38.8 Å². The second-order valence-electron chi connectivity index (χ2n) is 5.10. The molecule has 0 aromatic heterocycles. The van der Waals surface area contributed by atoms with Gasteiger partial charge in [0, 0.05) is 7.11 Å². The van der Waals surface area contributed by atoms with Crippen LogP contribution in [0.2, 0.25) is 0 Å². The molecule has 1 aliphatic heterocycles. The maximum atomic E-state index is 12.4. The second kappa shape index (κ2) is 7.45. The third-order valence-electron chi connectivity index (χ3n) is 3.71. The van der Waals surface area contributed by atoms with Gasteiger partial charge in [0.15, 0.2) is 6.04 Å². The smallest absolute Gasteiger partial charge is 0.328 e. The first-order chi connectivity index (χ1) is 9.05. The Morgan fingerprint density at radius 2 is 2.05 bits per heavy atom. The van der Waals surface area contributed by atoms with Crippen molar-refractivity contribution >= 4 is 11.9 Å². The van der Waals surface area contributed by atoms with Crippen LogP contribution in [0.1, 0.15) is 32.6 Å². The molecule has 0 saturated carbocycles. The molecule has 0 spiro atoms. The Balaban J connectivity index is 2.73. The Morgan fingerprint density at radius 3 is 2.53 bits per heavy atom. The quantitative estimate of drug-likeness (QED) is 0.623. The minimum absolute atomic E-state index is 0.0124. The van der Waals surface area contributed by atoms with Crippen LogP contribution in [0.25, 0.3) is 0 Å². The van der Waals surface area contributed by atoms with Crippen molar-refractivity contribution < 1.29 is 19.4 Å². The summed E-state index contributed by atoms with van der Waals surface area (Å²) >= 11 is 0. The van der Waals surface area contributed by atoms with Gasteiger partial charge in [-0.25, -0.2) is 4.79 Å². The van der Waals surface area contributed by atoms with Gasteiger partial charge < -0.3 is 20.5 Å². The van der Waals surface area contributed by atoms with Gasteiger partial charge in [-0.15, -0.1) is 0 Å². The number of methoxy groups -OCH3 is 1. The first kappa shape index (κ1) is 15.9. The van der Waals surface area contributed by atoms with E-state index in [1.165, 1.54) is 7.11 Å². The zero-order chi connectivity index (χ0) is 14.3. The molecular formula is C13H24N2O4. The maximum absolute atomic E-state index is 12.4. The Bertz CT molecular complexity index is 308. The Hall–Kier alpha value is -1.14. The summed E-state index contributed by atoms with van der Waals surface area (Å²) in [5.41, 5.74) is -0.429. The largest absolute Gasteiger partial charge is 0.480 e. The topological polar surface area (TPSA) is 87.7 Å². The SMILES string of the molecule is CCCC1(C(=O)NC(COC)C(=O)O)CCNCC1. The first-order valence-corrected chi connectivity index (χ1v) is 6.79. The van der Waals surface area contributed by atoms with E-state index in [9.17, 15) is 9.59 Å². The summed E-state index contributed by atoms with van der Waals surface area (Å²) < 4.78 is 4.84. The Labute approximate surface area is 113 Å². The van der Waals surface area contributed by atoms with Crippen LogP contribution in [-0.4, -0.2) is 49.8 Å². The molecule has 19 heavy (non-hydrogen) atoms. The molecule has 1 aliphatic rings. The number of aliphatic carboxylic acids is 1. The van der Waals surface area contributed by atoms with E-state index in [2.05, 4.69) is 10.6 Å². The molecule has 0 aromatic carbocycles. The van der Waals surface area contributed by atoms with Gasteiger partial charge in [0.05, 0.1) is 12.0 Å². The molecule has 0 aromatic rings. The maximum Gasteiger partial charge on any atom is 0.328 e. The number of carboxylic acids is 1. The van der Waals surface area contributed by atoms with Gasteiger partial charge in [0.25, 0.3) is 0 Å². The number of carbonyl (C=O) groups is 2. The fraction of sp³-hybridized carbons (Fsp3) is 0.846. The molecule has 3 N–H and O–H groups in total. The second-order valence-corrected chi connectivity index (χ2v) is 5.10. The van der Waals surface area contributed by atoms with Crippen molar-refractivity contribution in [1.29, 1.82) is 0 Å². The minimum Gasteiger partial charge on any atom is -0.480 e. The van der Waals surface area contributed by atoms with Crippen LogP contribution in [0, 0.1) is 5.41 Å². The molecule has 1 saturated heterocycles. The van der Waals surface area contributed by atoms with Crippen LogP contribution in [0.3, 0.4) is 0 Å².